The Kier molecular flexibility index (Phi) is 7.11. The number of hydrogen-bond acceptors (Lipinski definition) is 9. The Morgan fingerprint density at radius 3 is 2.69 bits per heavy atom. The van der Waals surface area contributed by atoms with Crippen LogP contribution in [0.15, 0.2) is 47.5 Å². The first-order valence-electron chi connectivity index (χ1n) is 10.9. The SMILES string of the molecule is O=C(CNC(=O)c1cc(O)cc(NC2=NCC(O)CN2)c1)NC1CC(=O)OC1c1ccc(F)cc1. The van der Waals surface area contributed by atoms with Crippen molar-refractivity contribution >= 4 is 29.4 Å². The van der Waals surface area contributed by atoms with Crippen molar-refractivity contribution in [3.63, 3.8) is 0 Å². The number of carbonyl (C=O) groups excluding carboxylic acids is 3. The molecule has 11 nitrogen and oxygen atoms in total. The summed E-state index contributed by atoms with van der Waals surface area (Å²) in [5.74, 6) is -1.89. The van der Waals surface area contributed by atoms with Crippen LogP contribution < -0.4 is 21.3 Å². The van der Waals surface area contributed by atoms with E-state index in [1.165, 1.54) is 42.5 Å². The largest absolute Gasteiger partial charge is 0.508 e. The molecule has 2 aromatic rings. The van der Waals surface area contributed by atoms with Crippen LogP contribution in [-0.2, 0) is 14.3 Å². The highest BCUT2D eigenvalue weighted by Crippen LogP contribution is 2.30. The van der Waals surface area contributed by atoms with Gasteiger partial charge in [0.1, 0.15) is 17.7 Å². The summed E-state index contributed by atoms with van der Waals surface area (Å²) in [5, 5.41) is 30.4. The monoisotopic (exact) mass is 485 g/mol. The number of β-amino-alcohol motifs (C(OH)–C–C–N with tert-alkyl or cyclic N) is 1. The Bertz CT molecular complexity index is 1160. The van der Waals surface area contributed by atoms with Gasteiger partial charge in [-0.1, -0.05) is 12.1 Å². The molecule has 0 aromatic heterocycles. The van der Waals surface area contributed by atoms with E-state index in [0.717, 1.165) is 0 Å². The Hall–Kier alpha value is -4.19. The van der Waals surface area contributed by atoms with E-state index >= 15 is 0 Å². The van der Waals surface area contributed by atoms with Gasteiger partial charge in [0.05, 0.1) is 31.7 Å². The van der Waals surface area contributed by atoms with Gasteiger partial charge < -0.3 is 36.2 Å². The van der Waals surface area contributed by atoms with Gasteiger partial charge in [0.25, 0.3) is 5.91 Å². The van der Waals surface area contributed by atoms with Crippen molar-refractivity contribution in [3.8, 4) is 5.75 Å². The molecule has 0 saturated carbocycles. The van der Waals surface area contributed by atoms with Crippen LogP contribution in [0.2, 0.25) is 0 Å². The number of nitrogens with zero attached hydrogens (tertiary/aromatic N) is 1. The summed E-state index contributed by atoms with van der Waals surface area (Å²) in [4.78, 5) is 40.9. The number of aromatic hydroxyl groups is 1. The van der Waals surface area contributed by atoms with Gasteiger partial charge in [-0.2, -0.15) is 0 Å². The first-order chi connectivity index (χ1) is 16.8. The summed E-state index contributed by atoms with van der Waals surface area (Å²) >= 11 is 0. The Balaban J connectivity index is 1.34. The molecule has 1 fully saturated rings. The molecule has 0 aliphatic carbocycles. The average molecular weight is 485 g/mol. The molecule has 3 atom stereocenters. The number of guanidine groups is 1. The number of phenols is 1. The fourth-order valence-corrected chi connectivity index (χ4v) is 3.72. The van der Waals surface area contributed by atoms with Crippen LogP contribution in [0, 0.1) is 5.82 Å². The number of nitrogens with one attached hydrogen (secondary N) is 4. The van der Waals surface area contributed by atoms with Crippen molar-refractivity contribution < 1.29 is 33.7 Å². The first-order valence-corrected chi connectivity index (χ1v) is 10.9. The number of amides is 2. The third-order valence-corrected chi connectivity index (χ3v) is 5.37. The molecule has 0 radical (unpaired) electrons. The number of aliphatic hydroxyl groups excluding tert-OH is 1. The lowest BCUT2D eigenvalue weighted by Gasteiger charge is -2.20. The summed E-state index contributed by atoms with van der Waals surface area (Å²) < 4.78 is 18.5. The van der Waals surface area contributed by atoms with E-state index in [1.807, 2.05) is 0 Å². The minimum Gasteiger partial charge on any atom is -0.508 e. The summed E-state index contributed by atoms with van der Waals surface area (Å²) in [6.07, 6.45) is -1.41. The topological polar surface area (TPSA) is 161 Å². The Morgan fingerprint density at radius 2 is 1.97 bits per heavy atom. The van der Waals surface area contributed by atoms with Crippen LogP contribution in [-0.4, -0.2) is 65.7 Å². The number of anilines is 1. The molecule has 2 heterocycles. The molecule has 12 heteroatoms. The Labute approximate surface area is 199 Å². The second-order valence-corrected chi connectivity index (χ2v) is 8.14. The van der Waals surface area contributed by atoms with Crippen LogP contribution in [0.4, 0.5) is 10.1 Å². The molecule has 184 valence electrons. The molecule has 35 heavy (non-hydrogen) atoms. The number of ether oxygens (including phenoxy) is 1. The fourth-order valence-electron chi connectivity index (χ4n) is 3.72. The van der Waals surface area contributed by atoms with E-state index < -0.39 is 41.9 Å². The van der Waals surface area contributed by atoms with Gasteiger partial charge in [-0.05, 0) is 29.8 Å². The van der Waals surface area contributed by atoms with Crippen molar-refractivity contribution in [2.24, 2.45) is 4.99 Å². The van der Waals surface area contributed by atoms with Gasteiger partial charge in [0, 0.05) is 23.9 Å². The van der Waals surface area contributed by atoms with Crippen LogP contribution >= 0.6 is 0 Å². The lowest BCUT2D eigenvalue weighted by Crippen LogP contribution is -2.43. The second-order valence-electron chi connectivity index (χ2n) is 8.14. The van der Waals surface area contributed by atoms with Gasteiger partial charge >= 0.3 is 5.97 Å². The maximum atomic E-state index is 13.2. The number of esters is 1. The standard InChI is InChI=1S/C23H24FN5O6/c24-14-3-1-12(2-4-14)21-18(8-20(33)35-21)29-19(32)11-25-22(34)13-5-15(7-16(30)6-13)28-23-26-9-17(31)10-27-23/h1-7,17-18,21,30-31H,8-11H2,(H,25,34)(H,29,32)(H2,26,27,28). The van der Waals surface area contributed by atoms with E-state index in [0.29, 0.717) is 23.8 Å². The van der Waals surface area contributed by atoms with Crippen molar-refractivity contribution in [1.82, 2.24) is 16.0 Å². The average Bonchev–Trinajstić information content (AvgIpc) is 3.18. The van der Waals surface area contributed by atoms with E-state index in [9.17, 15) is 29.0 Å². The summed E-state index contributed by atoms with van der Waals surface area (Å²) in [5.41, 5.74) is 1.02. The highest BCUT2D eigenvalue weighted by molar-refractivity contribution is 6.00. The summed E-state index contributed by atoms with van der Waals surface area (Å²) in [6.45, 7) is 0.146. The molecular formula is C23H24FN5O6. The number of carbonyl (C=O) groups is 3. The third kappa shape index (κ3) is 6.23. The number of cyclic esters (lactones) is 1. The van der Waals surface area contributed by atoms with Crippen molar-refractivity contribution in [2.75, 3.05) is 25.0 Å². The molecule has 3 unspecified atom stereocenters. The molecule has 2 aliphatic rings. The molecule has 0 bridgehead atoms. The first kappa shape index (κ1) is 24.0. The van der Waals surface area contributed by atoms with Gasteiger partial charge in [-0.15, -0.1) is 0 Å². The van der Waals surface area contributed by atoms with Gasteiger partial charge in [-0.3, -0.25) is 19.4 Å². The molecule has 6 N–H and O–H groups in total. The fraction of sp³-hybridized carbons (Fsp3) is 0.304. The molecule has 2 aromatic carbocycles. The molecular weight excluding hydrogens is 461 g/mol. The molecule has 2 aliphatic heterocycles. The predicted molar refractivity (Wildman–Crippen MR) is 122 cm³/mol. The maximum absolute atomic E-state index is 13.2. The number of aliphatic imine (C=N–C) groups is 1. The smallest absolute Gasteiger partial charge is 0.308 e. The zero-order chi connectivity index (χ0) is 24.9. The number of aliphatic hydroxyl groups is 1. The molecule has 1 saturated heterocycles. The number of rotatable bonds is 6. The van der Waals surface area contributed by atoms with E-state index in [1.54, 1.807) is 0 Å². The number of benzene rings is 2. The molecule has 0 spiro atoms. The zero-order valence-corrected chi connectivity index (χ0v) is 18.5. The summed E-state index contributed by atoms with van der Waals surface area (Å²) in [7, 11) is 0. The van der Waals surface area contributed by atoms with Crippen LogP contribution in [0.5, 0.6) is 5.75 Å². The van der Waals surface area contributed by atoms with Crippen molar-refractivity contribution in [1.29, 1.82) is 0 Å². The lowest BCUT2D eigenvalue weighted by molar-refractivity contribution is -0.141. The highest BCUT2D eigenvalue weighted by Gasteiger charge is 2.37. The lowest BCUT2D eigenvalue weighted by atomic mass is 10.0. The number of halogens is 1. The minimum absolute atomic E-state index is 0.0573. The van der Waals surface area contributed by atoms with Crippen LogP contribution in [0.1, 0.15) is 28.4 Å². The normalized spacial score (nSPS) is 21.4. The molecule has 2 amide bonds. The molecule has 4 rings (SSSR count). The Morgan fingerprint density at radius 1 is 1.20 bits per heavy atom. The van der Waals surface area contributed by atoms with Crippen LogP contribution in [0.25, 0.3) is 0 Å². The zero-order valence-electron chi connectivity index (χ0n) is 18.5. The summed E-state index contributed by atoms with van der Waals surface area (Å²) in [6, 6.07) is 8.86. The number of phenolic OH excluding ortho intramolecular Hbond substituents is 1. The van der Waals surface area contributed by atoms with Crippen LogP contribution in [0.3, 0.4) is 0 Å². The number of hydrogen-bond donors (Lipinski definition) is 6. The minimum atomic E-state index is -0.764. The van der Waals surface area contributed by atoms with E-state index in [4.69, 9.17) is 4.74 Å². The quantitative estimate of drug-likeness (QED) is 0.316. The predicted octanol–water partition coefficient (Wildman–Crippen LogP) is 0.166. The van der Waals surface area contributed by atoms with Gasteiger partial charge in [-0.25, -0.2) is 4.39 Å². The van der Waals surface area contributed by atoms with Gasteiger partial charge in [0.15, 0.2) is 5.96 Å². The maximum Gasteiger partial charge on any atom is 0.308 e. The van der Waals surface area contributed by atoms with E-state index in [-0.39, 0.29) is 30.8 Å². The van der Waals surface area contributed by atoms with Crippen molar-refractivity contribution in [3.05, 3.63) is 59.4 Å². The van der Waals surface area contributed by atoms with E-state index in [2.05, 4.69) is 26.3 Å². The highest BCUT2D eigenvalue weighted by atomic mass is 19.1. The third-order valence-electron chi connectivity index (χ3n) is 5.37. The van der Waals surface area contributed by atoms with Gasteiger partial charge in [0.2, 0.25) is 5.91 Å². The van der Waals surface area contributed by atoms with Crippen molar-refractivity contribution in [2.45, 2.75) is 24.7 Å². The second kappa shape index (κ2) is 10.4.